The molecule has 1 fully saturated rings. The van der Waals surface area contributed by atoms with Crippen molar-refractivity contribution in [2.24, 2.45) is 5.92 Å². The first-order valence-electron chi connectivity index (χ1n) is 7.24. The summed E-state index contributed by atoms with van der Waals surface area (Å²) in [5.41, 5.74) is -0.523. The summed E-state index contributed by atoms with van der Waals surface area (Å²) in [6, 6.07) is 10.2. The molecular formula is C16H23NO2S. The molecule has 20 heavy (non-hydrogen) atoms. The zero-order valence-corrected chi connectivity index (χ0v) is 13.0. The SMILES string of the molecule is CCCNC(CSc1ccccc1)(C(=O)OC)C1CC1. The molecule has 0 radical (unpaired) electrons. The van der Waals surface area contributed by atoms with Crippen molar-refractivity contribution >= 4 is 17.7 Å². The van der Waals surface area contributed by atoms with Gasteiger partial charge in [0, 0.05) is 10.6 Å². The van der Waals surface area contributed by atoms with Crippen molar-refractivity contribution in [1.82, 2.24) is 5.32 Å². The molecule has 3 nitrogen and oxygen atoms in total. The van der Waals surface area contributed by atoms with Gasteiger partial charge in [-0.15, -0.1) is 11.8 Å². The summed E-state index contributed by atoms with van der Waals surface area (Å²) < 4.78 is 5.09. The summed E-state index contributed by atoms with van der Waals surface area (Å²) in [4.78, 5) is 13.5. The van der Waals surface area contributed by atoms with E-state index in [2.05, 4.69) is 24.4 Å². The molecule has 0 heterocycles. The Balaban J connectivity index is 2.10. The number of hydrogen-bond acceptors (Lipinski definition) is 4. The number of methoxy groups -OCH3 is 1. The average Bonchev–Trinajstić information content (AvgIpc) is 3.33. The Kier molecular flexibility index (Phi) is 5.49. The lowest BCUT2D eigenvalue weighted by molar-refractivity contribution is -0.148. The third-order valence-electron chi connectivity index (χ3n) is 3.72. The van der Waals surface area contributed by atoms with Gasteiger partial charge in [0.25, 0.3) is 0 Å². The van der Waals surface area contributed by atoms with Gasteiger partial charge in [0.15, 0.2) is 0 Å². The van der Waals surface area contributed by atoms with Crippen LogP contribution in [0.15, 0.2) is 35.2 Å². The molecule has 0 aromatic heterocycles. The minimum Gasteiger partial charge on any atom is -0.468 e. The van der Waals surface area contributed by atoms with Crippen LogP contribution in [0.4, 0.5) is 0 Å². The largest absolute Gasteiger partial charge is 0.468 e. The Labute approximate surface area is 125 Å². The summed E-state index contributed by atoms with van der Waals surface area (Å²) in [6.45, 7) is 2.97. The summed E-state index contributed by atoms with van der Waals surface area (Å²) in [6.07, 6.45) is 3.24. The molecule has 1 aliphatic rings. The van der Waals surface area contributed by atoms with Crippen LogP contribution in [0.25, 0.3) is 0 Å². The number of rotatable bonds is 8. The van der Waals surface area contributed by atoms with Crippen molar-refractivity contribution in [2.45, 2.75) is 36.6 Å². The normalized spacial score (nSPS) is 17.5. The van der Waals surface area contributed by atoms with Crippen LogP contribution in [0.2, 0.25) is 0 Å². The van der Waals surface area contributed by atoms with Gasteiger partial charge in [-0.3, -0.25) is 4.79 Å². The molecular weight excluding hydrogens is 270 g/mol. The quantitative estimate of drug-likeness (QED) is 0.590. The van der Waals surface area contributed by atoms with Gasteiger partial charge in [0.1, 0.15) is 5.54 Å². The van der Waals surface area contributed by atoms with Crippen molar-refractivity contribution in [2.75, 3.05) is 19.4 Å². The van der Waals surface area contributed by atoms with E-state index in [0.29, 0.717) is 5.92 Å². The summed E-state index contributed by atoms with van der Waals surface area (Å²) >= 11 is 1.73. The molecule has 1 atom stereocenters. The Bertz CT molecular complexity index is 433. The van der Waals surface area contributed by atoms with E-state index in [1.807, 2.05) is 18.2 Å². The van der Waals surface area contributed by atoms with E-state index in [-0.39, 0.29) is 5.97 Å². The lowest BCUT2D eigenvalue weighted by Gasteiger charge is -2.32. The van der Waals surface area contributed by atoms with Gasteiger partial charge in [-0.05, 0) is 43.9 Å². The highest BCUT2D eigenvalue weighted by molar-refractivity contribution is 7.99. The number of carbonyl (C=O) groups is 1. The minimum atomic E-state index is -0.523. The van der Waals surface area contributed by atoms with Gasteiger partial charge in [-0.25, -0.2) is 0 Å². The molecule has 0 aliphatic heterocycles. The van der Waals surface area contributed by atoms with Crippen LogP contribution in [-0.4, -0.2) is 30.9 Å². The van der Waals surface area contributed by atoms with E-state index in [1.54, 1.807) is 11.8 Å². The van der Waals surface area contributed by atoms with E-state index >= 15 is 0 Å². The molecule has 1 aromatic carbocycles. The molecule has 1 N–H and O–H groups in total. The molecule has 0 saturated heterocycles. The number of ether oxygens (including phenoxy) is 1. The third kappa shape index (κ3) is 3.55. The van der Waals surface area contributed by atoms with E-state index < -0.39 is 5.54 Å². The predicted molar refractivity (Wildman–Crippen MR) is 82.9 cm³/mol. The zero-order valence-electron chi connectivity index (χ0n) is 12.2. The fraction of sp³-hybridized carbons (Fsp3) is 0.562. The molecule has 110 valence electrons. The van der Waals surface area contributed by atoms with Crippen molar-refractivity contribution in [3.8, 4) is 0 Å². The van der Waals surface area contributed by atoms with Crippen molar-refractivity contribution in [3.63, 3.8) is 0 Å². The molecule has 1 aliphatic carbocycles. The number of nitrogens with one attached hydrogen (secondary N) is 1. The Morgan fingerprint density at radius 1 is 1.40 bits per heavy atom. The first-order valence-corrected chi connectivity index (χ1v) is 8.22. The van der Waals surface area contributed by atoms with Gasteiger partial charge in [0.2, 0.25) is 0 Å². The third-order valence-corrected chi connectivity index (χ3v) is 4.93. The van der Waals surface area contributed by atoms with Crippen LogP contribution in [0.3, 0.4) is 0 Å². The summed E-state index contributed by atoms with van der Waals surface area (Å²) in [5.74, 6) is 1.03. The molecule has 1 saturated carbocycles. The second-order valence-corrected chi connectivity index (χ2v) is 6.31. The second-order valence-electron chi connectivity index (χ2n) is 5.27. The monoisotopic (exact) mass is 293 g/mol. The van der Waals surface area contributed by atoms with Crippen LogP contribution in [0, 0.1) is 5.92 Å². The molecule has 0 bridgehead atoms. The van der Waals surface area contributed by atoms with Crippen LogP contribution in [0.1, 0.15) is 26.2 Å². The number of carbonyl (C=O) groups excluding carboxylic acids is 1. The van der Waals surface area contributed by atoms with Crippen molar-refractivity contribution < 1.29 is 9.53 Å². The Morgan fingerprint density at radius 3 is 2.65 bits per heavy atom. The fourth-order valence-electron chi connectivity index (χ4n) is 2.43. The lowest BCUT2D eigenvalue weighted by Crippen LogP contribution is -2.57. The molecule has 1 unspecified atom stereocenters. The van der Waals surface area contributed by atoms with E-state index in [9.17, 15) is 4.79 Å². The number of benzene rings is 1. The Hall–Kier alpha value is -1.00. The molecule has 1 aromatic rings. The van der Waals surface area contributed by atoms with Crippen LogP contribution in [-0.2, 0) is 9.53 Å². The van der Waals surface area contributed by atoms with Crippen LogP contribution >= 0.6 is 11.8 Å². The van der Waals surface area contributed by atoms with Crippen molar-refractivity contribution in [3.05, 3.63) is 30.3 Å². The summed E-state index contributed by atoms with van der Waals surface area (Å²) in [5, 5.41) is 3.47. The lowest BCUT2D eigenvalue weighted by atomic mass is 9.95. The smallest absolute Gasteiger partial charge is 0.327 e. The summed E-state index contributed by atoms with van der Waals surface area (Å²) in [7, 11) is 1.49. The molecule has 0 amide bonds. The van der Waals surface area contributed by atoms with Crippen molar-refractivity contribution in [1.29, 1.82) is 0 Å². The second kappa shape index (κ2) is 7.14. The number of esters is 1. The zero-order chi connectivity index (χ0) is 14.4. The maximum Gasteiger partial charge on any atom is 0.327 e. The van der Waals surface area contributed by atoms with Gasteiger partial charge >= 0.3 is 5.97 Å². The standard InChI is InChI=1S/C16H23NO2S/c1-3-11-17-16(13-9-10-13,15(18)19-2)12-20-14-7-5-4-6-8-14/h4-8,13,17H,3,9-12H2,1-2H3. The van der Waals surface area contributed by atoms with Gasteiger partial charge in [-0.2, -0.15) is 0 Å². The van der Waals surface area contributed by atoms with E-state index in [4.69, 9.17) is 4.74 Å². The first-order chi connectivity index (χ1) is 9.73. The first kappa shape index (κ1) is 15.4. The Morgan fingerprint density at radius 2 is 2.10 bits per heavy atom. The highest BCUT2D eigenvalue weighted by atomic mass is 32.2. The molecule has 4 heteroatoms. The maximum atomic E-state index is 12.3. The highest BCUT2D eigenvalue weighted by Crippen LogP contribution is 2.43. The van der Waals surface area contributed by atoms with Gasteiger partial charge in [-0.1, -0.05) is 25.1 Å². The predicted octanol–water partition coefficient (Wildman–Crippen LogP) is 3.10. The molecule has 2 rings (SSSR count). The van der Waals surface area contributed by atoms with Crippen LogP contribution < -0.4 is 5.32 Å². The highest BCUT2D eigenvalue weighted by Gasteiger charge is 2.51. The fourth-order valence-corrected chi connectivity index (χ4v) is 3.63. The van der Waals surface area contributed by atoms with Crippen LogP contribution in [0.5, 0.6) is 0 Å². The van der Waals surface area contributed by atoms with E-state index in [0.717, 1.165) is 31.6 Å². The minimum absolute atomic E-state index is 0.114. The topological polar surface area (TPSA) is 38.3 Å². The average molecular weight is 293 g/mol. The van der Waals surface area contributed by atoms with E-state index in [1.165, 1.54) is 12.0 Å². The number of thioether (sulfide) groups is 1. The van der Waals surface area contributed by atoms with Gasteiger partial charge < -0.3 is 10.1 Å². The van der Waals surface area contributed by atoms with Gasteiger partial charge in [0.05, 0.1) is 7.11 Å². The maximum absolute atomic E-state index is 12.3. The molecule has 0 spiro atoms. The number of hydrogen-bond donors (Lipinski definition) is 1.